The molecule has 4 rings (SSSR count). The lowest BCUT2D eigenvalue weighted by Crippen LogP contribution is -2.13. The lowest BCUT2D eigenvalue weighted by molar-refractivity contribution is 0.239. The lowest BCUT2D eigenvalue weighted by atomic mass is 10.2. The fraction of sp³-hybridized carbons (Fsp3) is 0. The molecule has 23 heavy (non-hydrogen) atoms. The van der Waals surface area contributed by atoms with E-state index in [4.69, 9.17) is 15.1 Å². The number of rotatable bonds is 0. The lowest BCUT2D eigenvalue weighted by Gasteiger charge is -2.11. The Morgan fingerprint density at radius 3 is 1.87 bits per heavy atom. The summed E-state index contributed by atoms with van der Waals surface area (Å²) in [5.41, 5.74) is 3.77. The Morgan fingerprint density at radius 1 is 0.739 bits per heavy atom. The zero-order valence-electron chi connectivity index (χ0n) is 12.3. The Kier molecular flexibility index (Phi) is 6.16. The first kappa shape index (κ1) is 16.0. The maximum atomic E-state index is 8.65. The van der Waals surface area contributed by atoms with Crippen molar-refractivity contribution in [2.24, 2.45) is 0 Å². The molecule has 0 unspecified atom stereocenters. The van der Waals surface area contributed by atoms with Gasteiger partial charge in [-0.15, -0.1) is 0 Å². The van der Waals surface area contributed by atoms with Gasteiger partial charge < -0.3 is 19.5 Å². The maximum Gasteiger partial charge on any atom is 0.162 e. The minimum atomic E-state index is 0.169. The van der Waals surface area contributed by atoms with Crippen molar-refractivity contribution >= 4 is 6.08 Å². The van der Waals surface area contributed by atoms with Gasteiger partial charge in [0.1, 0.15) is 11.5 Å². The minimum absolute atomic E-state index is 0.169. The maximum absolute atomic E-state index is 8.65. The molecule has 2 heterocycles. The summed E-state index contributed by atoms with van der Waals surface area (Å²) < 4.78 is 4.58. The van der Waals surface area contributed by atoms with Crippen LogP contribution < -0.4 is 10.3 Å². The second-order valence-electron chi connectivity index (χ2n) is 4.40. The second-order valence-corrected chi connectivity index (χ2v) is 4.40. The summed E-state index contributed by atoms with van der Waals surface area (Å²) in [6.45, 7) is 0. The Bertz CT molecular complexity index is 668. The first-order chi connectivity index (χ1) is 11.3. The van der Waals surface area contributed by atoms with Gasteiger partial charge in [-0.2, -0.15) is 0 Å². The first-order valence-electron chi connectivity index (χ1n) is 6.89. The van der Waals surface area contributed by atoms with Gasteiger partial charge >= 0.3 is 0 Å². The average Bonchev–Trinajstić information content (AvgIpc) is 3.18. The number of hydrogen-bond acceptors (Lipinski definition) is 5. The molecule has 0 saturated carbocycles. The number of aromatic hydroxyl groups is 2. The van der Waals surface area contributed by atoms with Crippen molar-refractivity contribution in [3.05, 3.63) is 85.0 Å². The van der Waals surface area contributed by atoms with E-state index in [1.807, 2.05) is 42.5 Å². The van der Waals surface area contributed by atoms with Gasteiger partial charge in [0, 0.05) is 11.8 Å². The smallest absolute Gasteiger partial charge is 0.162 e. The fourth-order valence-electron chi connectivity index (χ4n) is 1.61. The van der Waals surface area contributed by atoms with Crippen molar-refractivity contribution in [2.75, 3.05) is 0 Å². The van der Waals surface area contributed by atoms with Crippen LogP contribution in [-0.2, 0) is 0 Å². The molecule has 5 nitrogen and oxygen atoms in total. The molecule has 0 saturated heterocycles. The number of hydrogen-bond donors (Lipinski definition) is 3. The van der Waals surface area contributed by atoms with Crippen LogP contribution in [0.25, 0.3) is 6.08 Å². The SMILES string of the molecule is C1=Cc2ccccc2ON1.Oc1ccc(O)cc1.c1ccoc1. The summed E-state index contributed by atoms with van der Waals surface area (Å²) in [6.07, 6.45) is 6.99. The molecule has 5 heteroatoms. The molecular formula is C18H17NO4. The molecule has 0 radical (unpaired) electrons. The minimum Gasteiger partial charge on any atom is -0.508 e. The Labute approximate surface area is 134 Å². The predicted molar refractivity (Wildman–Crippen MR) is 87.7 cm³/mol. The van der Waals surface area contributed by atoms with Gasteiger partial charge in [-0.05, 0) is 48.5 Å². The molecule has 1 aliphatic rings. The van der Waals surface area contributed by atoms with E-state index in [9.17, 15) is 0 Å². The highest BCUT2D eigenvalue weighted by molar-refractivity contribution is 5.57. The normalized spacial score (nSPS) is 10.6. The summed E-state index contributed by atoms with van der Waals surface area (Å²) in [5.74, 6) is 1.22. The number of benzene rings is 2. The van der Waals surface area contributed by atoms with Crippen LogP contribution in [0.1, 0.15) is 5.56 Å². The molecule has 0 spiro atoms. The molecule has 3 N–H and O–H groups in total. The summed E-state index contributed by atoms with van der Waals surface area (Å²) in [4.78, 5) is 5.09. The van der Waals surface area contributed by atoms with Gasteiger partial charge in [-0.25, -0.2) is 5.48 Å². The van der Waals surface area contributed by atoms with E-state index < -0.39 is 0 Å². The van der Waals surface area contributed by atoms with Crippen LogP contribution >= 0.6 is 0 Å². The largest absolute Gasteiger partial charge is 0.508 e. The van der Waals surface area contributed by atoms with Gasteiger partial charge in [0.05, 0.1) is 12.5 Å². The van der Waals surface area contributed by atoms with Crippen molar-refractivity contribution in [2.45, 2.75) is 0 Å². The van der Waals surface area contributed by atoms with Gasteiger partial charge in [0.15, 0.2) is 5.75 Å². The predicted octanol–water partition coefficient (Wildman–Crippen LogP) is 3.93. The zero-order chi connectivity index (χ0) is 16.3. The van der Waals surface area contributed by atoms with Crippen molar-refractivity contribution in [1.29, 1.82) is 0 Å². The average molecular weight is 311 g/mol. The van der Waals surface area contributed by atoms with E-state index in [1.165, 1.54) is 24.3 Å². The van der Waals surface area contributed by atoms with Crippen molar-refractivity contribution in [3.8, 4) is 17.2 Å². The Morgan fingerprint density at radius 2 is 1.35 bits per heavy atom. The zero-order valence-corrected chi connectivity index (χ0v) is 12.3. The standard InChI is InChI=1S/C8H7NO.C6H6O2.C4H4O/c1-2-4-8-7(3-1)5-6-9-10-8;7-5-1-2-6(8)4-3-5;1-2-4-5-3-1/h1-6,9H;1-4,7-8H;1-4H. The Hall–Kier alpha value is -3.34. The summed E-state index contributed by atoms with van der Waals surface area (Å²) in [7, 11) is 0. The van der Waals surface area contributed by atoms with E-state index in [0.29, 0.717) is 0 Å². The summed E-state index contributed by atoms with van der Waals surface area (Å²) >= 11 is 0. The number of fused-ring (bicyclic) bond motifs is 1. The molecular weight excluding hydrogens is 294 g/mol. The third-order valence-electron chi connectivity index (χ3n) is 2.69. The van der Waals surface area contributed by atoms with E-state index in [2.05, 4.69) is 9.90 Å². The second kappa shape index (κ2) is 8.84. The molecule has 3 aromatic rings. The quantitative estimate of drug-likeness (QED) is 0.548. The van der Waals surface area contributed by atoms with Gasteiger partial charge in [-0.3, -0.25) is 0 Å². The van der Waals surface area contributed by atoms with Crippen LogP contribution in [0.5, 0.6) is 17.2 Å². The third kappa shape index (κ3) is 5.89. The molecule has 0 amide bonds. The van der Waals surface area contributed by atoms with Crippen molar-refractivity contribution < 1.29 is 19.5 Å². The highest BCUT2D eigenvalue weighted by Gasteiger charge is 2.01. The van der Waals surface area contributed by atoms with E-state index in [-0.39, 0.29) is 11.5 Å². The molecule has 0 atom stereocenters. The van der Waals surface area contributed by atoms with Crippen molar-refractivity contribution in [1.82, 2.24) is 5.48 Å². The van der Waals surface area contributed by atoms with Crippen LogP contribution in [0, 0.1) is 0 Å². The molecule has 118 valence electrons. The number of phenolic OH excluding ortho intramolecular Hbond substituents is 2. The molecule has 0 aliphatic carbocycles. The summed E-state index contributed by atoms with van der Waals surface area (Å²) in [6, 6.07) is 17.2. The molecule has 0 fully saturated rings. The van der Waals surface area contributed by atoms with E-state index in [0.717, 1.165) is 11.3 Å². The molecule has 1 aliphatic heterocycles. The molecule has 2 aromatic carbocycles. The first-order valence-corrected chi connectivity index (χ1v) is 6.89. The number of nitrogens with one attached hydrogen (secondary N) is 1. The van der Waals surface area contributed by atoms with Gasteiger partial charge in [0.25, 0.3) is 0 Å². The monoisotopic (exact) mass is 311 g/mol. The van der Waals surface area contributed by atoms with Crippen LogP contribution in [-0.4, -0.2) is 10.2 Å². The van der Waals surface area contributed by atoms with Gasteiger partial charge in [0.2, 0.25) is 0 Å². The number of phenols is 2. The number of para-hydroxylation sites is 1. The van der Waals surface area contributed by atoms with Crippen LogP contribution in [0.2, 0.25) is 0 Å². The third-order valence-corrected chi connectivity index (χ3v) is 2.69. The van der Waals surface area contributed by atoms with Crippen LogP contribution in [0.4, 0.5) is 0 Å². The molecule has 1 aromatic heterocycles. The van der Waals surface area contributed by atoms with Crippen LogP contribution in [0.3, 0.4) is 0 Å². The topological polar surface area (TPSA) is 74.9 Å². The fourth-order valence-corrected chi connectivity index (χ4v) is 1.61. The molecule has 0 bridgehead atoms. The number of furan rings is 1. The van der Waals surface area contributed by atoms with E-state index >= 15 is 0 Å². The van der Waals surface area contributed by atoms with Gasteiger partial charge in [-0.1, -0.05) is 18.2 Å². The summed E-state index contributed by atoms with van der Waals surface area (Å²) in [5, 5.41) is 17.3. The van der Waals surface area contributed by atoms with Crippen LogP contribution in [0.15, 0.2) is 83.8 Å². The van der Waals surface area contributed by atoms with Crippen molar-refractivity contribution in [3.63, 3.8) is 0 Å². The Balaban J connectivity index is 0.000000133. The number of hydroxylamine groups is 1. The van der Waals surface area contributed by atoms with E-state index in [1.54, 1.807) is 18.7 Å². The highest BCUT2D eigenvalue weighted by Crippen LogP contribution is 2.20. The highest BCUT2D eigenvalue weighted by atomic mass is 16.6.